The number of hydrogen-bond donors (Lipinski definition) is 0. The highest BCUT2D eigenvalue weighted by molar-refractivity contribution is 7.99. The van der Waals surface area contributed by atoms with Gasteiger partial charge in [-0.1, -0.05) is 23.9 Å². The second-order valence-corrected chi connectivity index (χ2v) is 6.54. The third kappa shape index (κ3) is 3.93. The van der Waals surface area contributed by atoms with Gasteiger partial charge >= 0.3 is 0 Å². The lowest BCUT2D eigenvalue weighted by Crippen LogP contribution is -1.90. The average Bonchev–Trinajstić information content (AvgIpc) is 3.09. The molecule has 0 saturated carbocycles. The van der Waals surface area contributed by atoms with Gasteiger partial charge in [0.25, 0.3) is 11.1 Å². The van der Waals surface area contributed by atoms with E-state index >= 15 is 0 Å². The summed E-state index contributed by atoms with van der Waals surface area (Å²) in [6.45, 7) is 2.00. The van der Waals surface area contributed by atoms with Crippen LogP contribution < -0.4 is 9.47 Å². The summed E-state index contributed by atoms with van der Waals surface area (Å²) in [6, 6.07) is 11.7. The molecule has 0 radical (unpaired) electrons. The Balaban J connectivity index is 1.79. The lowest BCUT2D eigenvalue weighted by molar-refractivity contribution is 0.393. The smallest absolute Gasteiger partial charge is 0.277 e. The summed E-state index contributed by atoms with van der Waals surface area (Å²) >= 11 is 1.41. The minimum absolute atomic E-state index is 0.0478. The Kier molecular flexibility index (Phi) is 5.23. The first kappa shape index (κ1) is 17.3. The first-order chi connectivity index (χ1) is 12.1. The summed E-state index contributed by atoms with van der Waals surface area (Å²) in [5.74, 6) is 1.38. The highest BCUT2D eigenvalue weighted by Crippen LogP contribution is 2.37. The Morgan fingerprint density at radius 2 is 1.80 bits per heavy atom. The topological polar surface area (TPSA) is 57.4 Å². The lowest BCUT2D eigenvalue weighted by atomic mass is 10.2. The van der Waals surface area contributed by atoms with Crippen LogP contribution in [0.5, 0.6) is 11.5 Å². The van der Waals surface area contributed by atoms with Gasteiger partial charge in [0.15, 0.2) is 0 Å². The van der Waals surface area contributed by atoms with Crippen LogP contribution in [0.25, 0.3) is 11.5 Å². The monoisotopic (exact) mass is 360 g/mol. The first-order valence-electron chi connectivity index (χ1n) is 7.58. The van der Waals surface area contributed by atoms with Crippen molar-refractivity contribution in [2.24, 2.45) is 0 Å². The van der Waals surface area contributed by atoms with Gasteiger partial charge in [0.1, 0.15) is 17.3 Å². The SMILES string of the molecule is COc1ccc(-c2nnc(S[C@@H](C)c3ccc(F)cc3)o2)c(OC)c1. The number of ether oxygens (including phenoxy) is 2. The molecule has 130 valence electrons. The zero-order chi connectivity index (χ0) is 17.8. The number of halogens is 1. The second-order valence-electron chi connectivity index (χ2n) is 5.25. The number of nitrogens with zero attached hydrogens (tertiary/aromatic N) is 2. The van der Waals surface area contributed by atoms with E-state index in [1.54, 1.807) is 38.5 Å². The summed E-state index contributed by atoms with van der Waals surface area (Å²) < 4.78 is 29.3. The fourth-order valence-corrected chi connectivity index (χ4v) is 3.11. The van der Waals surface area contributed by atoms with Gasteiger partial charge < -0.3 is 13.9 Å². The van der Waals surface area contributed by atoms with E-state index in [4.69, 9.17) is 13.9 Å². The molecule has 0 saturated heterocycles. The number of aromatic nitrogens is 2. The molecule has 7 heteroatoms. The van der Waals surface area contributed by atoms with Gasteiger partial charge in [-0.2, -0.15) is 0 Å². The Morgan fingerprint density at radius 1 is 1.04 bits per heavy atom. The van der Waals surface area contributed by atoms with Crippen molar-refractivity contribution in [1.29, 1.82) is 0 Å². The Morgan fingerprint density at radius 3 is 2.48 bits per heavy atom. The number of hydrogen-bond acceptors (Lipinski definition) is 6. The van der Waals surface area contributed by atoms with Crippen LogP contribution in [0.1, 0.15) is 17.7 Å². The predicted octanol–water partition coefficient (Wildman–Crippen LogP) is 4.75. The van der Waals surface area contributed by atoms with Crippen LogP contribution in [0.15, 0.2) is 52.1 Å². The molecule has 3 rings (SSSR count). The summed E-state index contributed by atoms with van der Waals surface area (Å²) in [5.41, 5.74) is 1.67. The maximum absolute atomic E-state index is 13.0. The molecule has 0 unspecified atom stereocenters. The number of rotatable bonds is 6. The highest BCUT2D eigenvalue weighted by atomic mass is 32.2. The lowest BCUT2D eigenvalue weighted by Gasteiger charge is -2.08. The van der Waals surface area contributed by atoms with Gasteiger partial charge in [0.2, 0.25) is 0 Å². The fraction of sp³-hybridized carbons (Fsp3) is 0.222. The van der Waals surface area contributed by atoms with E-state index in [0.717, 1.165) is 5.56 Å². The molecule has 0 spiro atoms. The number of thioether (sulfide) groups is 1. The summed E-state index contributed by atoms with van der Waals surface area (Å²) in [7, 11) is 3.16. The zero-order valence-electron chi connectivity index (χ0n) is 14.0. The molecule has 0 aliphatic rings. The van der Waals surface area contributed by atoms with Gasteiger partial charge in [-0.15, -0.1) is 10.2 Å². The van der Waals surface area contributed by atoms with Crippen LogP contribution in [0.3, 0.4) is 0 Å². The van der Waals surface area contributed by atoms with Crippen LogP contribution in [0.2, 0.25) is 0 Å². The van der Waals surface area contributed by atoms with Crippen LogP contribution in [0.4, 0.5) is 4.39 Å². The molecule has 1 atom stereocenters. The third-order valence-electron chi connectivity index (χ3n) is 3.66. The average molecular weight is 360 g/mol. The van der Waals surface area contributed by atoms with Crippen LogP contribution in [0, 0.1) is 5.82 Å². The van der Waals surface area contributed by atoms with Crippen LogP contribution in [-0.4, -0.2) is 24.4 Å². The van der Waals surface area contributed by atoms with E-state index in [1.165, 1.54) is 23.9 Å². The standard InChI is InChI=1S/C18H17FN2O3S/c1-11(12-4-6-13(19)7-5-12)25-18-21-20-17(24-18)15-9-8-14(22-2)10-16(15)23-3/h4-11H,1-3H3/t11-/m0/s1. The van der Waals surface area contributed by atoms with Crippen molar-refractivity contribution in [3.63, 3.8) is 0 Å². The number of methoxy groups -OCH3 is 2. The molecule has 0 fully saturated rings. The molecular formula is C18H17FN2O3S. The second kappa shape index (κ2) is 7.57. The van der Waals surface area contributed by atoms with Crippen molar-refractivity contribution in [3.8, 4) is 23.0 Å². The van der Waals surface area contributed by atoms with E-state index in [-0.39, 0.29) is 11.1 Å². The molecule has 2 aromatic carbocycles. The van der Waals surface area contributed by atoms with Crippen molar-refractivity contribution >= 4 is 11.8 Å². The van der Waals surface area contributed by atoms with Gasteiger partial charge in [0.05, 0.1) is 19.8 Å². The molecule has 0 N–H and O–H groups in total. The van der Waals surface area contributed by atoms with Crippen molar-refractivity contribution in [1.82, 2.24) is 10.2 Å². The molecule has 25 heavy (non-hydrogen) atoms. The van der Waals surface area contributed by atoms with Gasteiger partial charge in [-0.3, -0.25) is 0 Å². The summed E-state index contributed by atoms with van der Waals surface area (Å²) in [6.07, 6.45) is 0. The molecule has 1 aromatic heterocycles. The Labute approximate surface area is 149 Å². The van der Waals surface area contributed by atoms with Crippen molar-refractivity contribution in [2.45, 2.75) is 17.4 Å². The van der Waals surface area contributed by atoms with E-state index in [0.29, 0.717) is 28.2 Å². The third-order valence-corrected chi connectivity index (χ3v) is 4.65. The van der Waals surface area contributed by atoms with Crippen molar-refractivity contribution in [3.05, 3.63) is 53.8 Å². The number of benzene rings is 2. The zero-order valence-corrected chi connectivity index (χ0v) is 14.8. The highest BCUT2D eigenvalue weighted by Gasteiger charge is 2.17. The normalized spacial score (nSPS) is 12.0. The van der Waals surface area contributed by atoms with Gasteiger partial charge in [0, 0.05) is 11.3 Å². The molecule has 0 amide bonds. The van der Waals surface area contributed by atoms with Gasteiger partial charge in [-0.05, 0) is 36.8 Å². The van der Waals surface area contributed by atoms with E-state index in [1.807, 2.05) is 13.0 Å². The molecule has 0 aliphatic heterocycles. The van der Waals surface area contributed by atoms with Crippen LogP contribution in [-0.2, 0) is 0 Å². The minimum atomic E-state index is -0.257. The molecule has 0 bridgehead atoms. The quantitative estimate of drug-likeness (QED) is 0.592. The van der Waals surface area contributed by atoms with E-state index in [9.17, 15) is 4.39 Å². The fourth-order valence-electron chi connectivity index (χ4n) is 2.29. The molecule has 0 aliphatic carbocycles. The van der Waals surface area contributed by atoms with Crippen LogP contribution >= 0.6 is 11.8 Å². The molecular weight excluding hydrogens is 343 g/mol. The molecule has 1 heterocycles. The summed E-state index contributed by atoms with van der Waals surface area (Å²) in [5, 5.41) is 8.65. The maximum Gasteiger partial charge on any atom is 0.277 e. The minimum Gasteiger partial charge on any atom is -0.497 e. The van der Waals surface area contributed by atoms with E-state index in [2.05, 4.69) is 10.2 Å². The maximum atomic E-state index is 13.0. The van der Waals surface area contributed by atoms with E-state index < -0.39 is 0 Å². The first-order valence-corrected chi connectivity index (χ1v) is 8.46. The summed E-state index contributed by atoms with van der Waals surface area (Å²) in [4.78, 5) is 0. The molecule has 3 aromatic rings. The molecule has 5 nitrogen and oxygen atoms in total. The Hall–Kier alpha value is -2.54. The Bertz CT molecular complexity index is 852. The van der Waals surface area contributed by atoms with Crippen molar-refractivity contribution in [2.75, 3.05) is 14.2 Å². The van der Waals surface area contributed by atoms with Gasteiger partial charge in [-0.25, -0.2) is 4.39 Å². The largest absolute Gasteiger partial charge is 0.497 e. The van der Waals surface area contributed by atoms with Crippen molar-refractivity contribution < 1.29 is 18.3 Å². The predicted molar refractivity (Wildman–Crippen MR) is 93.5 cm³/mol.